The van der Waals surface area contributed by atoms with Crippen molar-refractivity contribution in [3.05, 3.63) is 22.9 Å². The summed E-state index contributed by atoms with van der Waals surface area (Å²) in [7, 11) is 0. The van der Waals surface area contributed by atoms with Gasteiger partial charge in [-0.3, -0.25) is 9.59 Å². The molecule has 4 heteroatoms. The van der Waals surface area contributed by atoms with Crippen LogP contribution in [-0.2, 0) is 14.3 Å². The molecule has 1 aliphatic carbocycles. The molecule has 0 saturated carbocycles. The molecule has 1 heterocycles. The lowest BCUT2D eigenvalue weighted by Gasteiger charge is -2.17. The van der Waals surface area contributed by atoms with Crippen molar-refractivity contribution in [1.29, 1.82) is 0 Å². The minimum atomic E-state index is -0.0862. The molecule has 0 aromatic rings. The zero-order valence-corrected chi connectivity index (χ0v) is 10.2. The van der Waals surface area contributed by atoms with Crippen molar-refractivity contribution >= 4 is 11.6 Å². The fourth-order valence-corrected chi connectivity index (χ4v) is 2.02. The highest BCUT2D eigenvalue weighted by Gasteiger charge is 2.24. The third-order valence-electron chi connectivity index (χ3n) is 3.34. The first kappa shape index (κ1) is 12.0. The van der Waals surface area contributed by atoms with Gasteiger partial charge in [0, 0.05) is 30.4 Å². The molecule has 0 aromatic heterocycles. The standard InChI is InChI=1S/C13H17NO3/c1-8-9(2)13(16)11(6-12(8)15)14-7-10-4-3-5-17-10/h6,10,14H,3-5,7H2,1-2H3. The monoisotopic (exact) mass is 235 g/mol. The van der Waals surface area contributed by atoms with Crippen LogP contribution in [0.25, 0.3) is 0 Å². The summed E-state index contributed by atoms with van der Waals surface area (Å²) in [5, 5.41) is 3.03. The molecule has 0 bridgehead atoms. The van der Waals surface area contributed by atoms with Gasteiger partial charge in [0.2, 0.25) is 5.78 Å². The van der Waals surface area contributed by atoms with Crippen LogP contribution in [0.15, 0.2) is 22.9 Å². The number of ketones is 2. The van der Waals surface area contributed by atoms with Crippen LogP contribution < -0.4 is 5.32 Å². The predicted octanol–water partition coefficient (Wildman–Crippen LogP) is 1.13. The van der Waals surface area contributed by atoms with E-state index in [1.165, 1.54) is 6.08 Å². The van der Waals surface area contributed by atoms with Crippen LogP contribution in [0, 0.1) is 0 Å². The number of hydrogen-bond donors (Lipinski definition) is 1. The maximum Gasteiger partial charge on any atom is 0.205 e. The number of Topliss-reactive ketones (excluding diaryl/α,β-unsaturated/α-hetero) is 1. The van der Waals surface area contributed by atoms with Crippen LogP contribution in [0.1, 0.15) is 26.7 Å². The van der Waals surface area contributed by atoms with Crippen molar-refractivity contribution in [3.8, 4) is 0 Å². The Hall–Kier alpha value is -1.42. The first-order chi connectivity index (χ1) is 8.09. The Morgan fingerprint density at radius 2 is 2.12 bits per heavy atom. The van der Waals surface area contributed by atoms with Crippen LogP contribution in [-0.4, -0.2) is 30.8 Å². The van der Waals surface area contributed by atoms with Gasteiger partial charge in [-0.25, -0.2) is 0 Å². The molecule has 17 heavy (non-hydrogen) atoms. The molecule has 92 valence electrons. The highest BCUT2D eigenvalue weighted by molar-refractivity contribution is 6.21. The van der Waals surface area contributed by atoms with Gasteiger partial charge in [0.25, 0.3) is 0 Å². The molecule has 1 N–H and O–H groups in total. The Morgan fingerprint density at radius 3 is 2.76 bits per heavy atom. The van der Waals surface area contributed by atoms with Gasteiger partial charge in [0.1, 0.15) is 0 Å². The van der Waals surface area contributed by atoms with Crippen LogP contribution >= 0.6 is 0 Å². The smallest absolute Gasteiger partial charge is 0.205 e. The summed E-state index contributed by atoms with van der Waals surface area (Å²) in [6.07, 6.45) is 3.62. The third-order valence-corrected chi connectivity index (χ3v) is 3.34. The normalized spacial score (nSPS) is 25.3. The number of ether oxygens (including phenoxy) is 1. The van der Waals surface area contributed by atoms with Crippen LogP contribution in [0.3, 0.4) is 0 Å². The van der Waals surface area contributed by atoms with E-state index in [0.29, 0.717) is 23.4 Å². The molecule has 2 aliphatic rings. The highest BCUT2D eigenvalue weighted by atomic mass is 16.5. The third kappa shape index (κ3) is 2.47. The largest absolute Gasteiger partial charge is 0.379 e. The predicted molar refractivity (Wildman–Crippen MR) is 63.4 cm³/mol. The number of nitrogens with one attached hydrogen (secondary N) is 1. The average molecular weight is 235 g/mol. The maximum absolute atomic E-state index is 11.9. The summed E-state index contributed by atoms with van der Waals surface area (Å²) >= 11 is 0. The van der Waals surface area contributed by atoms with Crippen molar-refractivity contribution < 1.29 is 14.3 Å². The van der Waals surface area contributed by atoms with E-state index in [1.54, 1.807) is 13.8 Å². The van der Waals surface area contributed by atoms with Crippen LogP contribution in [0.5, 0.6) is 0 Å². The van der Waals surface area contributed by atoms with Gasteiger partial charge < -0.3 is 10.1 Å². The minimum absolute atomic E-state index is 0.0832. The van der Waals surface area contributed by atoms with Gasteiger partial charge in [0.15, 0.2) is 5.78 Å². The molecule has 0 aromatic carbocycles. The van der Waals surface area contributed by atoms with Gasteiger partial charge >= 0.3 is 0 Å². The highest BCUT2D eigenvalue weighted by Crippen LogP contribution is 2.17. The molecule has 1 atom stereocenters. The molecule has 1 saturated heterocycles. The van der Waals surface area contributed by atoms with E-state index in [0.717, 1.165) is 19.4 Å². The Balaban J connectivity index is 1.99. The number of allylic oxidation sites excluding steroid dienone is 3. The van der Waals surface area contributed by atoms with Crippen LogP contribution in [0.2, 0.25) is 0 Å². The zero-order valence-electron chi connectivity index (χ0n) is 10.2. The molecule has 0 spiro atoms. The molecule has 4 nitrogen and oxygen atoms in total. The summed E-state index contributed by atoms with van der Waals surface area (Å²) in [5.41, 5.74) is 1.47. The van der Waals surface area contributed by atoms with E-state index in [1.807, 2.05) is 0 Å². The van der Waals surface area contributed by atoms with E-state index in [-0.39, 0.29) is 17.7 Å². The van der Waals surface area contributed by atoms with Gasteiger partial charge in [-0.15, -0.1) is 0 Å². The van der Waals surface area contributed by atoms with E-state index in [9.17, 15) is 9.59 Å². The Kier molecular flexibility index (Phi) is 3.43. The number of carbonyl (C=O) groups is 2. The molecule has 1 unspecified atom stereocenters. The first-order valence-corrected chi connectivity index (χ1v) is 5.93. The van der Waals surface area contributed by atoms with E-state index < -0.39 is 0 Å². The van der Waals surface area contributed by atoms with Gasteiger partial charge in [-0.05, 0) is 26.7 Å². The van der Waals surface area contributed by atoms with E-state index in [2.05, 4.69) is 5.32 Å². The quantitative estimate of drug-likeness (QED) is 0.745. The fraction of sp³-hybridized carbons (Fsp3) is 0.538. The topological polar surface area (TPSA) is 55.4 Å². The van der Waals surface area contributed by atoms with Crippen molar-refractivity contribution in [2.24, 2.45) is 0 Å². The van der Waals surface area contributed by atoms with Crippen molar-refractivity contribution in [2.75, 3.05) is 13.2 Å². The van der Waals surface area contributed by atoms with Gasteiger partial charge in [0.05, 0.1) is 11.8 Å². The lowest BCUT2D eigenvalue weighted by molar-refractivity contribution is -0.116. The Bertz CT molecular complexity index is 414. The summed E-state index contributed by atoms with van der Waals surface area (Å²) in [6, 6.07) is 0. The molecule has 1 fully saturated rings. The molecule has 0 radical (unpaired) electrons. The average Bonchev–Trinajstić information content (AvgIpc) is 2.82. The summed E-state index contributed by atoms with van der Waals surface area (Å²) < 4.78 is 5.46. The minimum Gasteiger partial charge on any atom is -0.379 e. The molecule has 0 amide bonds. The van der Waals surface area contributed by atoms with Crippen molar-refractivity contribution in [3.63, 3.8) is 0 Å². The molecule has 1 aliphatic heterocycles. The van der Waals surface area contributed by atoms with Crippen LogP contribution in [0.4, 0.5) is 0 Å². The second kappa shape index (κ2) is 4.84. The Labute approximate surface area is 101 Å². The van der Waals surface area contributed by atoms with Crippen molar-refractivity contribution in [1.82, 2.24) is 5.32 Å². The van der Waals surface area contributed by atoms with E-state index in [4.69, 9.17) is 4.74 Å². The number of carbonyl (C=O) groups excluding carboxylic acids is 2. The molecular formula is C13H17NO3. The fourth-order valence-electron chi connectivity index (χ4n) is 2.02. The second-order valence-corrected chi connectivity index (χ2v) is 4.52. The molecular weight excluding hydrogens is 218 g/mol. The lowest BCUT2D eigenvalue weighted by atomic mass is 9.95. The maximum atomic E-state index is 11.9. The summed E-state index contributed by atoms with van der Waals surface area (Å²) in [5.74, 6) is -0.169. The van der Waals surface area contributed by atoms with Gasteiger partial charge in [-0.1, -0.05) is 0 Å². The second-order valence-electron chi connectivity index (χ2n) is 4.52. The SMILES string of the molecule is CC1=C(C)C(=O)C(NCC2CCCO2)=CC1=O. The Morgan fingerprint density at radius 1 is 1.35 bits per heavy atom. The number of hydrogen-bond acceptors (Lipinski definition) is 4. The first-order valence-electron chi connectivity index (χ1n) is 5.93. The summed E-state index contributed by atoms with van der Waals surface area (Å²) in [6.45, 7) is 4.76. The van der Waals surface area contributed by atoms with Gasteiger partial charge in [-0.2, -0.15) is 0 Å². The zero-order chi connectivity index (χ0) is 12.4. The lowest BCUT2D eigenvalue weighted by Crippen LogP contribution is -2.32. The summed E-state index contributed by atoms with van der Waals surface area (Å²) in [4.78, 5) is 23.5. The number of rotatable bonds is 3. The molecule has 2 rings (SSSR count). The van der Waals surface area contributed by atoms with E-state index >= 15 is 0 Å². The van der Waals surface area contributed by atoms with Crippen molar-refractivity contribution in [2.45, 2.75) is 32.8 Å².